The molecule has 0 saturated heterocycles. The van der Waals surface area contributed by atoms with Gasteiger partial charge in [0.2, 0.25) is 0 Å². The number of allylic oxidation sites excluding steroid dienone is 1. The highest BCUT2D eigenvalue weighted by atomic mass is 16.3. The lowest BCUT2D eigenvalue weighted by atomic mass is 9.87. The highest BCUT2D eigenvalue weighted by molar-refractivity contribution is 5.39. The highest BCUT2D eigenvalue weighted by Gasteiger charge is 2.14. The molecule has 100 valence electrons. The number of aliphatic hydroxyl groups is 1. The molecular weight excluding hydrogens is 222 g/mol. The quantitative estimate of drug-likeness (QED) is 0.759. The van der Waals surface area contributed by atoms with Crippen molar-refractivity contribution in [3.05, 3.63) is 47.0 Å². The van der Waals surface area contributed by atoms with Gasteiger partial charge in [0.25, 0.3) is 0 Å². The molecule has 1 aromatic carbocycles. The Hall–Kier alpha value is -1.12. The van der Waals surface area contributed by atoms with Crippen molar-refractivity contribution in [3.63, 3.8) is 0 Å². The van der Waals surface area contributed by atoms with E-state index in [-0.39, 0.29) is 12.6 Å². The van der Waals surface area contributed by atoms with E-state index in [4.69, 9.17) is 10.8 Å². The SMILES string of the molecule is C=C(C)Cc1cccc(C(C)C)c1CC(N)CO. The molecule has 2 nitrogen and oxygen atoms in total. The van der Waals surface area contributed by atoms with Crippen LogP contribution in [0, 0.1) is 0 Å². The zero-order chi connectivity index (χ0) is 13.7. The van der Waals surface area contributed by atoms with Gasteiger partial charge in [-0.3, -0.25) is 0 Å². The van der Waals surface area contributed by atoms with Gasteiger partial charge in [-0.05, 0) is 42.4 Å². The topological polar surface area (TPSA) is 46.2 Å². The van der Waals surface area contributed by atoms with E-state index in [1.165, 1.54) is 16.7 Å². The monoisotopic (exact) mass is 247 g/mol. The Bertz CT molecular complexity index is 410. The first-order chi connectivity index (χ1) is 8.45. The molecule has 18 heavy (non-hydrogen) atoms. The molecule has 0 aliphatic heterocycles. The third kappa shape index (κ3) is 3.97. The molecule has 1 rings (SSSR count). The zero-order valence-electron chi connectivity index (χ0n) is 11.7. The molecule has 0 heterocycles. The first kappa shape index (κ1) is 14.9. The number of rotatable bonds is 6. The van der Waals surface area contributed by atoms with Crippen molar-refractivity contribution < 1.29 is 5.11 Å². The summed E-state index contributed by atoms with van der Waals surface area (Å²) in [4.78, 5) is 0. The molecule has 3 N–H and O–H groups in total. The fourth-order valence-electron chi connectivity index (χ4n) is 2.26. The van der Waals surface area contributed by atoms with Crippen LogP contribution in [0.5, 0.6) is 0 Å². The lowest BCUT2D eigenvalue weighted by Gasteiger charge is -2.19. The van der Waals surface area contributed by atoms with E-state index in [9.17, 15) is 0 Å². The van der Waals surface area contributed by atoms with E-state index in [0.29, 0.717) is 5.92 Å². The molecular formula is C16H25NO. The number of hydrogen-bond acceptors (Lipinski definition) is 2. The molecule has 0 fully saturated rings. The normalized spacial score (nSPS) is 12.8. The van der Waals surface area contributed by atoms with Gasteiger partial charge in [-0.15, -0.1) is 0 Å². The summed E-state index contributed by atoms with van der Waals surface area (Å²) in [5.74, 6) is 0.468. The van der Waals surface area contributed by atoms with Gasteiger partial charge in [-0.1, -0.05) is 44.2 Å². The minimum atomic E-state index is -0.186. The molecule has 0 radical (unpaired) electrons. The summed E-state index contributed by atoms with van der Waals surface area (Å²) in [6.45, 7) is 10.4. The first-order valence-corrected chi connectivity index (χ1v) is 6.57. The van der Waals surface area contributed by atoms with E-state index in [1.54, 1.807) is 0 Å². The Kier molecular flexibility index (Phi) is 5.57. The van der Waals surface area contributed by atoms with Crippen molar-refractivity contribution in [2.45, 2.75) is 45.6 Å². The molecule has 1 aromatic rings. The minimum Gasteiger partial charge on any atom is -0.395 e. The summed E-state index contributed by atoms with van der Waals surface area (Å²) in [5, 5.41) is 9.16. The third-order valence-corrected chi connectivity index (χ3v) is 3.12. The Labute approximate surface area is 111 Å². The van der Waals surface area contributed by atoms with E-state index in [2.05, 4.69) is 38.6 Å². The molecule has 0 amide bonds. The first-order valence-electron chi connectivity index (χ1n) is 6.57. The molecule has 0 bridgehead atoms. The van der Waals surface area contributed by atoms with Crippen LogP contribution < -0.4 is 5.73 Å². The largest absolute Gasteiger partial charge is 0.395 e. The second-order valence-electron chi connectivity index (χ2n) is 5.42. The lowest BCUT2D eigenvalue weighted by Crippen LogP contribution is -2.28. The van der Waals surface area contributed by atoms with E-state index in [1.807, 2.05) is 6.92 Å². The Morgan fingerprint density at radius 2 is 2.06 bits per heavy atom. The summed E-state index contributed by atoms with van der Waals surface area (Å²) in [5.41, 5.74) is 11.0. The van der Waals surface area contributed by atoms with Gasteiger partial charge in [0.1, 0.15) is 0 Å². The van der Waals surface area contributed by atoms with E-state index >= 15 is 0 Å². The molecule has 1 unspecified atom stereocenters. The summed E-state index contributed by atoms with van der Waals surface area (Å²) in [7, 11) is 0. The van der Waals surface area contributed by atoms with Crippen LogP contribution in [0.1, 0.15) is 43.4 Å². The summed E-state index contributed by atoms with van der Waals surface area (Å²) in [6.07, 6.45) is 1.61. The molecule has 0 spiro atoms. The van der Waals surface area contributed by atoms with Gasteiger partial charge in [-0.2, -0.15) is 0 Å². The van der Waals surface area contributed by atoms with Crippen LogP contribution in [0.3, 0.4) is 0 Å². The molecule has 1 atom stereocenters. The summed E-state index contributed by atoms with van der Waals surface area (Å²) in [6, 6.07) is 6.21. The Morgan fingerprint density at radius 1 is 1.39 bits per heavy atom. The maximum absolute atomic E-state index is 9.16. The second-order valence-corrected chi connectivity index (χ2v) is 5.42. The average Bonchev–Trinajstić information content (AvgIpc) is 2.30. The van der Waals surface area contributed by atoms with Crippen molar-refractivity contribution in [1.82, 2.24) is 0 Å². The van der Waals surface area contributed by atoms with Gasteiger partial charge in [0, 0.05) is 6.04 Å². The van der Waals surface area contributed by atoms with E-state index < -0.39 is 0 Å². The van der Waals surface area contributed by atoms with Crippen LogP contribution in [0.15, 0.2) is 30.4 Å². The molecule has 0 aromatic heterocycles. The summed E-state index contributed by atoms with van der Waals surface area (Å²) >= 11 is 0. The highest BCUT2D eigenvalue weighted by Crippen LogP contribution is 2.25. The number of benzene rings is 1. The standard InChI is InChI=1S/C16H25NO/c1-11(2)8-13-6-5-7-15(12(3)4)16(13)9-14(17)10-18/h5-7,12,14,18H,1,8-10,17H2,2-4H3. The molecule has 2 heteroatoms. The number of aliphatic hydroxyl groups excluding tert-OH is 1. The van der Waals surface area contributed by atoms with Gasteiger partial charge < -0.3 is 10.8 Å². The third-order valence-electron chi connectivity index (χ3n) is 3.12. The van der Waals surface area contributed by atoms with Gasteiger partial charge in [0.05, 0.1) is 6.61 Å². The van der Waals surface area contributed by atoms with Crippen molar-refractivity contribution in [2.24, 2.45) is 5.73 Å². The second kappa shape index (κ2) is 6.72. The van der Waals surface area contributed by atoms with Crippen molar-refractivity contribution in [1.29, 1.82) is 0 Å². The molecule has 0 aliphatic rings. The van der Waals surface area contributed by atoms with Crippen molar-refractivity contribution in [3.8, 4) is 0 Å². The Balaban J connectivity index is 3.16. The smallest absolute Gasteiger partial charge is 0.0585 e. The van der Waals surface area contributed by atoms with Gasteiger partial charge in [0.15, 0.2) is 0 Å². The van der Waals surface area contributed by atoms with Gasteiger partial charge in [-0.25, -0.2) is 0 Å². The fourth-order valence-corrected chi connectivity index (χ4v) is 2.26. The van der Waals surface area contributed by atoms with E-state index in [0.717, 1.165) is 18.4 Å². The van der Waals surface area contributed by atoms with Crippen LogP contribution in [-0.2, 0) is 12.8 Å². The zero-order valence-corrected chi connectivity index (χ0v) is 11.7. The maximum Gasteiger partial charge on any atom is 0.0585 e. The van der Waals surface area contributed by atoms with Crippen LogP contribution in [0.25, 0.3) is 0 Å². The van der Waals surface area contributed by atoms with Crippen LogP contribution in [-0.4, -0.2) is 17.8 Å². The lowest BCUT2D eigenvalue weighted by molar-refractivity contribution is 0.265. The molecule has 0 saturated carbocycles. The summed E-state index contributed by atoms with van der Waals surface area (Å²) < 4.78 is 0. The Morgan fingerprint density at radius 3 is 2.56 bits per heavy atom. The van der Waals surface area contributed by atoms with Crippen molar-refractivity contribution >= 4 is 0 Å². The van der Waals surface area contributed by atoms with Crippen LogP contribution >= 0.6 is 0 Å². The number of nitrogens with two attached hydrogens (primary N) is 1. The van der Waals surface area contributed by atoms with Gasteiger partial charge >= 0.3 is 0 Å². The predicted molar refractivity (Wildman–Crippen MR) is 77.8 cm³/mol. The average molecular weight is 247 g/mol. The van der Waals surface area contributed by atoms with Crippen LogP contribution in [0.4, 0.5) is 0 Å². The number of hydrogen-bond donors (Lipinski definition) is 2. The van der Waals surface area contributed by atoms with Crippen LogP contribution in [0.2, 0.25) is 0 Å². The minimum absolute atomic E-state index is 0.0267. The maximum atomic E-state index is 9.16. The predicted octanol–water partition coefficient (Wildman–Crippen LogP) is 2.79. The fraction of sp³-hybridized carbons (Fsp3) is 0.500. The molecule has 0 aliphatic carbocycles. The van der Waals surface area contributed by atoms with Crippen molar-refractivity contribution in [2.75, 3.05) is 6.61 Å².